The summed E-state index contributed by atoms with van der Waals surface area (Å²) >= 11 is 0. The smallest absolute Gasteiger partial charge is 0.237 e. The Kier molecular flexibility index (Phi) is 3.79. The monoisotopic (exact) mass is 272 g/mol. The van der Waals surface area contributed by atoms with Crippen molar-refractivity contribution in [3.63, 3.8) is 0 Å². The minimum absolute atomic E-state index is 0.123. The zero-order valence-electron chi connectivity index (χ0n) is 12.4. The van der Waals surface area contributed by atoms with E-state index in [0.717, 1.165) is 12.8 Å². The van der Waals surface area contributed by atoms with E-state index in [2.05, 4.69) is 41.8 Å². The molecule has 1 aromatic carbocycles. The Labute approximate surface area is 121 Å². The van der Waals surface area contributed by atoms with Crippen molar-refractivity contribution in [3.05, 3.63) is 35.4 Å². The summed E-state index contributed by atoms with van der Waals surface area (Å²) < 4.78 is 0. The van der Waals surface area contributed by atoms with Crippen LogP contribution in [-0.2, 0) is 4.79 Å². The average Bonchev–Trinajstić information content (AvgIpc) is 3.30. The molecule has 2 atom stereocenters. The molecule has 0 heterocycles. The molecule has 3 rings (SSSR count). The Morgan fingerprint density at radius 2 is 1.80 bits per heavy atom. The second kappa shape index (κ2) is 5.57. The van der Waals surface area contributed by atoms with Crippen LogP contribution in [0.3, 0.4) is 0 Å². The first-order chi connectivity index (χ1) is 9.63. The molecule has 2 saturated carbocycles. The normalized spacial score (nSPS) is 21.3. The minimum atomic E-state index is -0.123. The predicted molar refractivity (Wildman–Crippen MR) is 80.4 cm³/mol. The Bertz CT molecular complexity index is 474. The lowest BCUT2D eigenvalue weighted by Gasteiger charge is -2.23. The van der Waals surface area contributed by atoms with Gasteiger partial charge in [0, 0.05) is 12.1 Å². The maximum Gasteiger partial charge on any atom is 0.237 e. The van der Waals surface area contributed by atoms with Gasteiger partial charge in [0.25, 0.3) is 0 Å². The number of aryl methyl sites for hydroxylation is 1. The number of carbonyl (C=O) groups is 1. The maximum atomic E-state index is 12.1. The third kappa shape index (κ3) is 3.40. The van der Waals surface area contributed by atoms with Crippen molar-refractivity contribution in [2.45, 2.75) is 57.7 Å². The molecule has 2 aliphatic rings. The quantitative estimate of drug-likeness (QED) is 0.836. The lowest BCUT2D eigenvalue weighted by Crippen LogP contribution is -2.44. The molecule has 108 valence electrons. The molecule has 2 N–H and O–H groups in total. The highest BCUT2D eigenvalue weighted by Gasteiger charge is 2.34. The topological polar surface area (TPSA) is 41.1 Å². The molecule has 1 aromatic rings. The maximum absolute atomic E-state index is 12.1. The first-order valence-corrected chi connectivity index (χ1v) is 7.76. The highest BCUT2D eigenvalue weighted by molar-refractivity contribution is 5.81. The predicted octanol–water partition coefficient (Wildman–Crippen LogP) is 2.70. The molecule has 2 aliphatic carbocycles. The van der Waals surface area contributed by atoms with Crippen molar-refractivity contribution in [1.82, 2.24) is 10.6 Å². The number of hydrogen-bond donors (Lipinski definition) is 2. The second-order valence-corrected chi connectivity index (χ2v) is 6.40. The highest BCUT2D eigenvalue weighted by Crippen LogP contribution is 2.41. The lowest BCUT2D eigenvalue weighted by atomic mass is 10.00. The molecule has 0 radical (unpaired) electrons. The molecule has 2 unspecified atom stereocenters. The Morgan fingerprint density at radius 3 is 2.35 bits per heavy atom. The van der Waals surface area contributed by atoms with E-state index in [1.54, 1.807) is 0 Å². The van der Waals surface area contributed by atoms with Crippen LogP contribution in [0.5, 0.6) is 0 Å². The average molecular weight is 272 g/mol. The lowest BCUT2D eigenvalue weighted by molar-refractivity contribution is -0.123. The number of carbonyl (C=O) groups excluding carboxylic acids is 1. The van der Waals surface area contributed by atoms with Gasteiger partial charge in [-0.2, -0.15) is 0 Å². The van der Waals surface area contributed by atoms with Crippen molar-refractivity contribution in [1.29, 1.82) is 0 Å². The Morgan fingerprint density at radius 1 is 1.15 bits per heavy atom. The van der Waals surface area contributed by atoms with E-state index in [-0.39, 0.29) is 11.9 Å². The van der Waals surface area contributed by atoms with Gasteiger partial charge in [0.05, 0.1) is 6.04 Å². The zero-order chi connectivity index (χ0) is 14.1. The van der Waals surface area contributed by atoms with E-state index in [1.807, 2.05) is 6.92 Å². The summed E-state index contributed by atoms with van der Waals surface area (Å²) in [6, 6.07) is 9.32. The molecule has 0 saturated heterocycles. The molecule has 1 amide bonds. The van der Waals surface area contributed by atoms with Gasteiger partial charge < -0.3 is 5.32 Å². The fourth-order valence-electron chi connectivity index (χ4n) is 2.61. The molecule has 0 bridgehead atoms. The van der Waals surface area contributed by atoms with Gasteiger partial charge in [0.2, 0.25) is 5.91 Å². The van der Waals surface area contributed by atoms with Crippen LogP contribution in [0.15, 0.2) is 24.3 Å². The molecule has 3 nitrogen and oxygen atoms in total. The van der Waals surface area contributed by atoms with Gasteiger partial charge in [0.15, 0.2) is 0 Å². The summed E-state index contributed by atoms with van der Waals surface area (Å²) in [6.45, 7) is 4.08. The summed E-state index contributed by atoms with van der Waals surface area (Å²) in [4.78, 5) is 12.1. The van der Waals surface area contributed by atoms with E-state index in [1.165, 1.54) is 24.0 Å². The molecular formula is C17H24N2O. The number of nitrogens with one attached hydrogen (secondary N) is 2. The van der Waals surface area contributed by atoms with Crippen molar-refractivity contribution < 1.29 is 4.79 Å². The molecule has 3 heteroatoms. The molecule has 0 aromatic heterocycles. The van der Waals surface area contributed by atoms with Crippen LogP contribution in [0.25, 0.3) is 0 Å². The number of hydrogen-bond acceptors (Lipinski definition) is 2. The van der Waals surface area contributed by atoms with Crippen LogP contribution >= 0.6 is 0 Å². The van der Waals surface area contributed by atoms with E-state index in [0.29, 0.717) is 18.0 Å². The number of rotatable bonds is 6. The first-order valence-electron chi connectivity index (χ1n) is 7.76. The van der Waals surface area contributed by atoms with Gasteiger partial charge in [-0.3, -0.25) is 10.1 Å². The van der Waals surface area contributed by atoms with Crippen LogP contribution in [0.1, 0.15) is 49.8 Å². The summed E-state index contributed by atoms with van der Waals surface area (Å²) in [6.07, 6.45) is 4.82. The van der Waals surface area contributed by atoms with Crippen LogP contribution in [-0.4, -0.2) is 18.0 Å². The number of amides is 1. The van der Waals surface area contributed by atoms with Gasteiger partial charge >= 0.3 is 0 Å². The van der Waals surface area contributed by atoms with Crippen molar-refractivity contribution in [2.24, 2.45) is 5.92 Å². The fourth-order valence-corrected chi connectivity index (χ4v) is 2.61. The summed E-state index contributed by atoms with van der Waals surface area (Å²) in [5.74, 6) is 0.833. The molecular weight excluding hydrogens is 248 g/mol. The van der Waals surface area contributed by atoms with E-state index < -0.39 is 0 Å². The molecule has 20 heavy (non-hydrogen) atoms. The summed E-state index contributed by atoms with van der Waals surface area (Å²) in [5.41, 5.74) is 2.59. The van der Waals surface area contributed by atoms with Crippen molar-refractivity contribution in [2.75, 3.05) is 0 Å². The van der Waals surface area contributed by atoms with Gasteiger partial charge in [-0.15, -0.1) is 0 Å². The summed E-state index contributed by atoms with van der Waals surface area (Å²) in [5, 5.41) is 6.61. The first kappa shape index (κ1) is 13.6. The third-order valence-corrected chi connectivity index (χ3v) is 4.28. The Hall–Kier alpha value is -1.35. The van der Waals surface area contributed by atoms with Gasteiger partial charge in [-0.25, -0.2) is 0 Å². The second-order valence-electron chi connectivity index (χ2n) is 6.40. The van der Waals surface area contributed by atoms with E-state index >= 15 is 0 Å². The SMILES string of the molecule is Cc1ccc(C(NC(C)C(=O)NC2CC2)C2CC2)cc1. The molecule has 0 spiro atoms. The largest absolute Gasteiger partial charge is 0.352 e. The van der Waals surface area contributed by atoms with Crippen molar-refractivity contribution >= 4 is 5.91 Å². The van der Waals surface area contributed by atoms with Crippen LogP contribution in [0, 0.1) is 12.8 Å². The van der Waals surface area contributed by atoms with Gasteiger partial charge in [-0.1, -0.05) is 29.8 Å². The van der Waals surface area contributed by atoms with Gasteiger partial charge in [0.1, 0.15) is 0 Å². The zero-order valence-corrected chi connectivity index (χ0v) is 12.4. The highest BCUT2D eigenvalue weighted by atomic mass is 16.2. The van der Waals surface area contributed by atoms with Crippen molar-refractivity contribution in [3.8, 4) is 0 Å². The minimum Gasteiger partial charge on any atom is -0.352 e. The summed E-state index contributed by atoms with van der Waals surface area (Å²) in [7, 11) is 0. The van der Waals surface area contributed by atoms with Crippen LogP contribution < -0.4 is 10.6 Å². The molecule has 2 fully saturated rings. The number of benzene rings is 1. The van der Waals surface area contributed by atoms with E-state index in [4.69, 9.17) is 0 Å². The molecule has 0 aliphatic heterocycles. The van der Waals surface area contributed by atoms with Crippen LogP contribution in [0.4, 0.5) is 0 Å². The fraction of sp³-hybridized carbons (Fsp3) is 0.588. The Balaban J connectivity index is 1.64. The third-order valence-electron chi connectivity index (χ3n) is 4.28. The van der Waals surface area contributed by atoms with E-state index in [9.17, 15) is 4.79 Å². The van der Waals surface area contributed by atoms with Gasteiger partial charge in [-0.05, 0) is 51.0 Å². The standard InChI is InChI=1S/C17H24N2O/c1-11-3-5-13(6-4-11)16(14-7-8-14)18-12(2)17(20)19-15-9-10-15/h3-6,12,14-16,18H,7-10H2,1-2H3,(H,19,20). The van der Waals surface area contributed by atoms with Crippen LogP contribution in [0.2, 0.25) is 0 Å².